The van der Waals surface area contributed by atoms with Gasteiger partial charge in [0.25, 0.3) is 0 Å². The van der Waals surface area contributed by atoms with Crippen LogP contribution in [0, 0.1) is 0 Å². The van der Waals surface area contributed by atoms with Crippen molar-refractivity contribution in [1.29, 1.82) is 0 Å². The molecule has 52 valence electrons. The standard InChI is InChI=1S/C9H10O/c1-2-9(10)8-6-4-3-5-7-8/h2-7,9-10H,1H2/t9-/m1/s1. The van der Waals surface area contributed by atoms with Gasteiger partial charge in [-0.1, -0.05) is 36.4 Å². The van der Waals surface area contributed by atoms with E-state index in [1.165, 1.54) is 6.08 Å². The van der Waals surface area contributed by atoms with Gasteiger partial charge in [-0.15, -0.1) is 6.58 Å². The largest absolute Gasteiger partial charge is 0.384 e. The van der Waals surface area contributed by atoms with E-state index in [-0.39, 0.29) is 0 Å². The van der Waals surface area contributed by atoms with E-state index in [4.69, 9.17) is 0 Å². The first-order valence-corrected chi connectivity index (χ1v) is 3.20. The molecule has 0 amide bonds. The van der Waals surface area contributed by atoms with Gasteiger partial charge in [0.2, 0.25) is 0 Å². The van der Waals surface area contributed by atoms with Crippen molar-refractivity contribution < 1.29 is 5.11 Å². The summed E-state index contributed by atoms with van der Waals surface area (Å²) >= 11 is 0. The lowest BCUT2D eigenvalue weighted by Gasteiger charge is -2.02. The summed E-state index contributed by atoms with van der Waals surface area (Å²) in [6, 6.07) is 9.43. The second-order valence-electron chi connectivity index (χ2n) is 2.09. The van der Waals surface area contributed by atoms with Crippen LogP contribution >= 0.6 is 0 Å². The topological polar surface area (TPSA) is 20.2 Å². The average Bonchev–Trinajstić information content (AvgIpc) is 2.05. The van der Waals surface area contributed by atoms with Crippen molar-refractivity contribution >= 4 is 0 Å². The molecule has 1 nitrogen and oxygen atoms in total. The molecule has 0 bridgehead atoms. The molecular formula is C9H10O. The Labute approximate surface area is 60.6 Å². The van der Waals surface area contributed by atoms with Crippen LogP contribution in [0.15, 0.2) is 43.0 Å². The van der Waals surface area contributed by atoms with Crippen LogP contribution in [0.4, 0.5) is 0 Å². The molecule has 0 saturated carbocycles. The molecule has 0 fully saturated rings. The van der Waals surface area contributed by atoms with Gasteiger partial charge < -0.3 is 5.11 Å². The zero-order valence-electron chi connectivity index (χ0n) is 5.70. The second kappa shape index (κ2) is 3.18. The van der Waals surface area contributed by atoms with Crippen LogP contribution in [0.1, 0.15) is 11.7 Å². The third-order valence-electron chi connectivity index (χ3n) is 1.36. The Bertz CT molecular complexity index is 203. The van der Waals surface area contributed by atoms with E-state index in [0.717, 1.165) is 5.56 Å². The molecule has 0 aliphatic heterocycles. The van der Waals surface area contributed by atoms with E-state index in [1.54, 1.807) is 0 Å². The smallest absolute Gasteiger partial charge is 0.0969 e. The molecule has 1 N–H and O–H groups in total. The number of benzene rings is 1. The maximum Gasteiger partial charge on any atom is 0.0969 e. The molecule has 0 radical (unpaired) electrons. The van der Waals surface area contributed by atoms with E-state index in [0.29, 0.717) is 0 Å². The molecule has 1 atom stereocenters. The fourth-order valence-electron chi connectivity index (χ4n) is 0.786. The predicted octanol–water partition coefficient (Wildman–Crippen LogP) is 1.91. The number of hydrogen-bond acceptors (Lipinski definition) is 1. The van der Waals surface area contributed by atoms with Crippen molar-refractivity contribution in [1.82, 2.24) is 0 Å². The van der Waals surface area contributed by atoms with Crippen LogP contribution in [0.5, 0.6) is 0 Å². The minimum atomic E-state index is -0.527. The Kier molecular flexibility index (Phi) is 2.24. The van der Waals surface area contributed by atoms with Crippen LogP contribution in [-0.4, -0.2) is 5.11 Å². The van der Waals surface area contributed by atoms with Crippen LogP contribution in [0.25, 0.3) is 0 Å². The Morgan fingerprint density at radius 1 is 1.30 bits per heavy atom. The summed E-state index contributed by atoms with van der Waals surface area (Å²) < 4.78 is 0. The summed E-state index contributed by atoms with van der Waals surface area (Å²) in [4.78, 5) is 0. The maximum absolute atomic E-state index is 9.21. The zero-order valence-corrected chi connectivity index (χ0v) is 5.70. The van der Waals surface area contributed by atoms with Gasteiger partial charge in [0, 0.05) is 0 Å². The van der Waals surface area contributed by atoms with E-state index in [9.17, 15) is 5.11 Å². The van der Waals surface area contributed by atoms with Gasteiger partial charge in [0.1, 0.15) is 0 Å². The van der Waals surface area contributed by atoms with Crippen molar-refractivity contribution in [2.45, 2.75) is 6.10 Å². The van der Waals surface area contributed by atoms with Crippen LogP contribution in [-0.2, 0) is 0 Å². The fraction of sp³-hybridized carbons (Fsp3) is 0.111. The molecule has 0 unspecified atom stereocenters. The predicted molar refractivity (Wildman–Crippen MR) is 41.6 cm³/mol. The third-order valence-corrected chi connectivity index (χ3v) is 1.36. The maximum atomic E-state index is 9.21. The molecule has 0 saturated heterocycles. The molecule has 0 aliphatic carbocycles. The van der Waals surface area contributed by atoms with E-state index >= 15 is 0 Å². The quantitative estimate of drug-likeness (QED) is 0.612. The number of aliphatic hydroxyl groups excluding tert-OH is 1. The average molecular weight is 134 g/mol. The molecule has 1 aromatic rings. The van der Waals surface area contributed by atoms with Gasteiger partial charge in [0.15, 0.2) is 0 Å². The summed E-state index contributed by atoms with van der Waals surface area (Å²) in [5.41, 5.74) is 0.887. The first-order valence-electron chi connectivity index (χ1n) is 3.20. The highest BCUT2D eigenvalue weighted by Gasteiger charge is 1.98. The zero-order chi connectivity index (χ0) is 7.40. The number of aliphatic hydroxyl groups is 1. The van der Waals surface area contributed by atoms with Crippen LogP contribution in [0.2, 0.25) is 0 Å². The third kappa shape index (κ3) is 1.45. The summed E-state index contributed by atoms with van der Waals surface area (Å²) in [5, 5.41) is 9.21. The molecule has 0 spiro atoms. The highest BCUT2D eigenvalue weighted by Crippen LogP contribution is 2.11. The van der Waals surface area contributed by atoms with Gasteiger partial charge in [-0.2, -0.15) is 0 Å². The van der Waals surface area contributed by atoms with Crippen molar-refractivity contribution in [2.24, 2.45) is 0 Å². The normalized spacial score (nSPS) is 12.5. The van der Waals surface area contributed by atoms with Crippen molar-refractivity contribution in [3.63, 3.8) is 0 Å². The fourth-order valence-corrected chi connectivity index (χ4v) is 0.786. The molecule has 0 heterocycles. The van der Waals surface area contributed by atoms with Crippen LogP contribution < -0.4 is 0 Å². The first kappa shape index (κ1) is 7.03. The SMILES string of the molecule is C=C[C@@H](O)c1ccccc1. The monoisotopic (exact) mass is 134 g/mol. The summed E-state index contributed by atoms with van der Waals surface area (Å²) in [5.74, 6) is 0. The van der Waals surface area contributed by atoms with E-state index in [2.05, 4.69) is 6.58 Å². The molecule has 1 aromatic carbocycles. The van der Waals surface area contributed by atoms with Crippen molar-refractivity contribution in [3.05, 3.63) is 48.6 Å². The summed E-state index contributed by atoms with van der Waals surface area (Å²) in [6.45, 7) is 3.49. The highest BCUT2D eigenvalue weighted by molar-refractivity contribution is 5.19. The molecular weight excluding hydrogens is 124 g/mol. The minimum Gasteiger partial charge on any atom is -0.384 e. The molecule has 1 rings (SSSR count). The second-order valence-corrected chi connectivity index (χ2v) is 2.09. The highest BCUT2D eigenvalue weighted by atomic mass is 16.3. The van der Waals surface area contributed by atoms with Crippen LogP contribution in [0.3, 0.4) is 0 Å². The van der Waals surface area contributed by atoms with E-state index < -0.39 is 6.10 Å². The van der Waals surface area contributed by atoms with Crippen molar-refractivity contribution in [2.75, 3.05) is 0 Å². The first-order chi connectivity index (χ1) is 4.84. The van der Waals surface area contributed by atoms with Gasteiger partial charge in [-0.3, -0.25) is 0 Å². The Balaban J connectivity index is 2.84. The van der Waals surface area contributed by atoms with Gasteiger partial charge >= 0.3 is 0 Å². The van der Waals surface area contributed by atoms with E-state index in [1.807, 2.05) is 30.3 Å². The van der Waals surface area contributed by atoms with Gasteiger partial charge in [-0.05, 0) is 5.56 Å². The van der Waals surface area contributed by atoms with Crippen molar-refractivity contribution in [3.8, 4) is 0 Å². The summed E-state index contributed by atoms with van der Waals surface area (Å²) in [7, 11) is 0. The number of hydrogen-bond donors (Lipinski definition) is 1. The van der Waals surface area contributed by atoms with Gasteiger partial charge in [0.05, 0.1) is 6.10 Å². The lowest BCUT2D eigenvalue weighted by molar-refractivity contribution is 0.229. The summed E-state index contributed by atoms with van der Waals surface area (Å²) in [6.07, 6.45) is 0.983. The Morgan fingerprint density at radius 3 is 2.40 bits per heavy atom. The molecule has 10 heavy (non-hydrogen) atoms. The number of rotatable bonds is 2. The lowest BCUT2D eigenvalue weighted by atomic mass is 10.1. The molecule has 1 heteroatoms. The Morgan fingerprint density at radius 2 is 1.90 bits per heavy atom. The Hall–Kier alpha value is -1.08. The minimum absolute atomic E-state index is 0.527. The molecule has 0 aliphatic rings. The van der Waals surface area contributed by atoms with Gasteiger partial charge in [-0.25, -0.2) is 0 Å². The molecule has 0 aromatic heterocycles. The lowest BCUT2D eigenvalue weighted by Crippen LogP contribution is -1.90.